The Morgan fingerprint density at radius 2 is 2.00 bits per heavy atom. The van der Waals surface area contributed by atoms with E-state index in [4.69, 9.17) is 10.00 Å². The van der Waals surface area contributed by atoms with E-state index in [1.807, 2.05) is 26.2 Å². The summed E-state index contributed by atoms with van der Waals surface area (Å²) in [6.45, 7) is 5.88. The summed E-state index contributed by atoms with van der Waals surface area (Å²) in [7, 11) is 0. The Morgan fingerprint density at radius 1 is 1.45 bits per heavy atom. The fraction of sp³-hybridized carbons (Fsp3) is 0.857. The molecule has 64 valence electrons. The molecule has 0 aliphatic heterocycles. The summed E-state index contributed by atoms with van der Waals surface area (Å²) in [5, 5.41) is 10.4. The minimum atomic E-state index is -0.108. The summed E-state index contributed by atoms with van der Waals surface area (Å²) in [5.41, 5.74) is -0.171. The molecule has 0 radical (unpaired) electrons. The number of hydrogen-bond donors (Lipinski definition) is 1. The van der Waals surface area contributed by atoms with Gasteiger partial charge in [0.1, 0.15) is 10.8 Å². The van der Waals surface area contributed by atoms with Crippen molar-refractivity contribution in [1.82, 2.24) is 0 Å². The second-order valence-corrected chi connectivity index (χ2v) is 4.17. The van der Waals surface area contributed by atoms with Crippen LogP contribution in [0.3, 0.4) is 0 Å². The topological polar surface area (TPSA) is 33.0 Å². The highest BCUT2D eigenvalue weighted by molar-refractivity contribution is 8.04. The van der Waals surface area contributed by atoms with Gasteiger partial charge < -0.3 is 4.74 Å². The van der Waals surface area contributed by atoms with E-state index in [1.54, 1.807) is 0 Å². The van der Waals surface area contributed by atoms with Gasteiger partial charge in [-0.25, -0.2) is 0 Å². The van der Waals surface area contributed by atoms with Crippen LogP contribution in [0.25, 0.3) is 0 Å². The Kier molecular flexibility index (Phi) is 5.83. The van der Waals surface area contributed by atoms with Gasteiger partial charge in [0.05, 0.1) is 5.44 Å². The molecule has 0 amide bonds. The molecule has 0 N–H and O–H groups in total. The molecular weight excluding hydrogens is 178 g/mol. The molecule has 0 aromatic rings. The van der Waals surface area contributed by atoms with Gasteiger partial charge in [0.2, 0.25) is 0 Å². The molecule has 2 unspecified atom stereocenters. The largest absolute Gasteiger partial charge is 0.353 e. The molecule has 0 aliphatic rings. The molecule has 0 saturated carbocycles. The van der Waals surface area contributed by atoms with E-state index in [-0.39, 0.29) is 10.9 Å². The van der Waals surface area contributed by atoms with E-state index in [1.165, 1.54) is 0 Å². The Bertz CT molecular complexity index is 142. The molecule has 0 aromatic heterocycles. The first-order chi connectivity index (χ1) is 5.07. The highest BCUT2D eigenvalue weighted by atomic mass is 32.2. The lowest BCUT2D eigenvalue weighted by atomic mass is 10.2. The number of hydrogen-bond acceptors (Lipinski definition) is 4. The molecule has 0 saturated heterocycles. The Balaban J connectivity index is 3.81. The minimum Gasteiger partial charge on any atom is -0.353 e. The lowest BCUT2D eigenvalue weighted by molar-refractivity contribution is 0.0760. The van der Waals surface area contributed by atoms with E-state index in [9.17, 15) is 0 Å². The van der Waals surface area contributed by atoms with E-state index in [2.05, 4.69) is 12.6 Å². The Labute approximate surface area is 77.7 Å². The Hall–Kier alpha value is 0.150. The van der Waals surface area contributed by atoms with E-state index in [0.717, 1.165) is 11.8 Å². The quantitative estimate of drug-likeness (QED) is 0.421. The van der Waals surface area contributed by atoms with Crippen LogP contribution in [-0.2, 0) is 4.74 Å². The third-order valence-electron chi connectivity index (χ3n) is 1.04. The third kappa shape index (κ3) is 5.42. The van der Waals surface area contributed by atoms with Gasteiger partial charge in [-0.15, -0.1) is 12.6 Å². The van der Waals surface area contributed by atoms with Crippen LogP contribution in [0.2, 0.25) is 0 Å². The van der Waals surface area contributed by atoms with Crippen molar-refractivity contribution in [1.29, 1.82) is 5.26 Å². The lowest BCUT2D eigenvalue weighted by Gasteiger charge is -2.19. The summed E-state index contributed by atoms with van der Waals surface area (Å²) in [4.78, 5) is 0. The van der Waals surface area contributed by atoms with Crippen molar-refractivity contribution in [3.63, 3.8) is 0 Å². The van der Waals surface area contributed by atoms with Crippen LogP contribution in [0.5, 0.6) is 0 Å². The van der Waals surface area contributed by atoms with Gasteiger partial charge in [-0.2, -0.15) is 5.26 Å². The second-order valence-electron chi connectivity index (χ2n) is 2.56. The summed E-state index contributed by atoms with van der Waals surface area (Å²) < 4.78 is 5.36. The number of rotatable bonds is 4. The molecule has 0 bridgehead atoms. The molecular formula is C7H13NOS2. The standard InChI is InChI=1S/C7H13NOS2/c1-5(2)7(11-4-8)9-6(3)10/h5-7,10H,1-3H3. The smallest absolute Gasteiger partial charge is 0.136 e. The van der Waals surface area contributed by atoms with Gasteiger partial charge in [0.15, 0.2) is 0 Å². The van der Waals surface area contributed by atoms with E-state index in [0.29, 0.717) is 5.92 Å². The number of ether oxygens (including phenoxy) is 1. The minimum absolute atomic E-state index is 0.0625. The summed E-state index contributed by atoms with van der Waals surface area (Å²) in [6.07, 6.45) is 0. The predicted octanol–water partition coefficient (Wildman–Crippen LogP) is 2.48. The van der Waals surface area contributed by atoms with Crippen molar-refractivity contribution in [3.05, 3.63) is 0 Å². The molecule has 4 heteroatoms. The van der Waals surface area contributed by atoms with E-state index < -0.39 is 0 Å². The van der Waals surface area contributed by atoms with Crippen molar-refractivity contribution in [2.45, 2.75) is 31.6 Å². The van der Waals surface area contributed by atoms with E-state index >= 15 is 0 Å². The molecule has 0 heterocycles. The van der Waals surface area contributed by atoms with Crippen LogP contribution in [0.4, 0.5) is 0 Å². The summed E-state index contributed by atoms with van der Waals surface area (Å²) in [5.74, 6) is 0.342. The first-order valence-corrected chi connectivity index (χ1v) is 4.85. The maximum Gasteiger partial charge on any atom is 0.136 e. The zero-order valence-electron chi connectivity index (χ0n) is 6.94. The number of thioether (sulfide) groups is 1. The molecule has 2 atom stereocenters. The number of nitrogens with zero attached hydrogens (tertiary/aromatic N) is 1. The van der Waals surface area contributed by atoms with Crippen LogP contribution in [0.15, 0.2) is 0 Å². The van der Waals surface area contributed by atoms with Crippen molar-refractivity contribution < 1.29 is 4.74 Å². The fourth-order valence-electron chi connectivity index (χ4n) is 0.567. The van der Waals surface area contributed by atoms with Crippen LogP contribution < -0.4 is 0 Å². The third-order valence-corrected chi connectivity index (χ3v) is 2.16. The second kappa shape index (κ2) is 5.76. The van der Waals surface area contributed by atoms with Crippen LogP contribution in [-0.4, -0.2) is 10.9 Å². The highest BCUT2D eigenvalue weighted by Crippen LogP contribution is 2.21. The Morgan fingerprint density at radius 3 is 2.27 bits per heavy atom. The van der Waals surface area contributed by atoms with Gasteiger partial charge in [-0.05, 0) is 24.6 Å². The number of thiocyanates is 1. The summed E-state index contributed by atoms with van der Waals surface area (Å²) >= 11 is 5.23. The molecule has 0 rings (SSSR count). The van der Waals surface area contributed by atoms with Crippen molar-refractivity contribution in [2.24, 2.45) is 5.92 Å². The maximum absolute atomic E-state index is 8.41. The molecule has 0 aliphatic carbocycles. The summed E-state index contributed by atoms with van der Waals surface area (Å²) in [6, 6.07) is 0. The lowest BCUT2D eigenvalue weighted by Crippen LogP contribution is -2.18. The predicted molar refractivity (Wildman–Crippen MR) is 51.4 cm³/mol. The normalized spacial score (nSPS) is 16.0. The average molecular weight is 191 g/mol. The molecule has 11 heavy (non-hydrogen) atoms. The number of thiol groups is 1. The van der Waals surface area contributed by atoms with Crippen molar-refractivity contribution in [3.8, 4) is 5.40 Å². The average Bonchev–Trinajstić information content (AvgIpc) is 1.86. The van der Waals surface area contributed by atoms with Gasteiger partial charge in [-0.3, -0.25) is 0 Å². The van der Waals surface area contributed by atoms with Gasteiger partial charge in [0, 0.05) is 0 Å². The van der Waals surface area contributed by atoms with Crippen LogP contribution in [0.1, 0.15) is 20.8 Å². The van der Waals surface area contributed by atoms with Gasteiger partial charge in [0.25, 0.3) is 0 Å². The maximum atomic E-state index is 8.41. The zero-order chi connectivity index (χ0) is 8.85. The van der Waals surface area contributed by atoms with Crippen LogP contribution in [0, 0.1) is 16.6 Å². The molecule has 0 spiro atoms. The van der Waals surface area contributed by atoms with Crippen molar-refractivity contribution >= 4 is 24.4 Å². The highest BCUT2D eigenvalue weighted by Gasteiger charge is 2.15. The molecule has 2 nitrogen and oxygen atoms in total. The zero-order valence-corrected chi connectivity index (χ0v) is 8.65. The fourth-order valence-corrected chi connectivity index (χ4v) is 1.38. The first-order valence-electron chi connectivity index (χ1n) is 3.46. The van der Waals surface area contributed by atoms with Gasteiger partial charge >= 0.3 is 0 Å². The molecule has 0 aromatic carbocycles. The van der Waals surface area contributed by atoms with Crippen molar-refractivity contribution in [2.75, 3.05) is 0 Å². The van der Waals surface area contributed by atoms with Crippen LogP contribution >= 0.6 is 24.4 Å². The van der Waals surface area contributed by atoms with Gasteiger partial charge in [-0.1, -0.05) is 13.8 Å². The monoisotopic (exact) mass is 191 g/mol. The first kappa shape index (κ1) is 11.2. The SMILES string of the molecule is CC(S)OC(SC#N)C(C)C. The molecule has 0 fully saturated rings. The number of nitriles is 1.